The van der Waals surface area contributed by atoms with Gasteiger partial charge >= 0.3 is 0 Å². The van der Waals surface area contributed by atoms with Crippen molar-refractivity contribution in [2.24, 2.45) is 0 Å². The smallest absolute Gasteiger partial charge is 0.225 e. The van der Waals surface area contributed by atoms with E-state index in [4.69, 9.17) is 14.5 Å². The molecule has 9 heteroatoms. The van der Waals surface area contributed by atoms with Crippen molar-refractivity contribution in [3.63, 3.8) is 0 Å². The van der Waals surface area contributed by atoms with Crippen molar-refractivity contribution in [1.82, 2.24) is 24.8 Å². The summed E-state index contributed by atoms with van der Waals surface area (Å²) in [6, 6.07) is 7.81. The Hall–Kier alpha value is -3.59. The van der Waals surface area contributed by atoms with Gasteiger partial charge in [0, 0.05) is 56.8 Å². The van der Waals surface area contributed by atoms with E-state index in [0.717, 1.165) is 28.1 Å². The largest absolute Gasteiger partial charge is 0.497 e. The van der Waals surface area contributed by atoms with Crippen LogP contribution in [0.1, 0.15) is 23.8 Å². The maximum atomic E-state index is 13.0. The quantitative estimate of drug-likeness (QED) is 0.544. The monoisotopic (exact) mass is 448 g/mol. The van der Waals surface area contributed by atoms with Crippen molar-refractivity contribution in [1.29, 1.82) is 0 Å². The van der Waals surface area contributed by atoms with Gasteiger partial charge in [0.2, 0.25) is 11.9 Å². The lowest BCUT2D eigenvalue weighted by molar-refractivity contribution is -0.139. The Kier molecular flexibility index (Phi) is 7.09. The van der Waals surface area contributed by atoms with Gasteiger partial charge < -0.3 is 19.3 Å². The number of hydrogen-bond donors (Lipinski definition) is 0. The van der Waals surface area contributed by atoms with Gasteiger partial charge in [-0.1, -0.05) is 12.1 Å². The highest BCUT2D eigenvalue weighted by atomic mass is 16.5. The molecule has 1 aliphatic heterocycles. The number of benzene rings is 1. The van der Waals surface area contributed by atoms with Gasteiger partial charge in [-0.2, -0.15) is 0 Å². The first-order valence-electron chi connectivity index (χ1n) is 10.9. The number of rotatable bonds is 7. The first kappa shape index (κ1) is 22.6. The minimum absolute atomic E-state index is 0.102. The molecule has 1 aliphatic rings. The van der Waals surface area contributed by atoms with E-state index in [1.807, 2.05) is 48.2 Å². The number of ether oxygens (including phenoxy) is 2. The molecule has 0 radical (unpaired) electrons. The van der Waals surface area contributed by atoms with Crippen molar-refractivity contribution in [2.45, 2.75) is 18.9 Å². The van der Waals surface area contributed by atoms with Crippen LogP contribution in [0.4, 0.5) is 5.95 Å². The Morgan fingerprint density at radius 3 is 2.64 bits per heavy atom. The number of carbonyl (C=O) groups excluding carboxylic acids is 1. The molecule has 0 aliphatic carbocycles. The molecule has 172 valence electrons. The SMILES string of the molecule is COc1ccc(CCC(=O)N2CCO[C@H](c3nc(N(C)C)ncc3-c3cncnc3)C2)cc1. The van der Waals surface area contributed by atoms with Crippen LogP contribution in [0.3, 0.4) is 0 Å². The zero-order valence-electron chi connectivity index (χ0n) is 19.1. The highest BCUT2D eigenvalue weighted by molar-refractivity contribution is 5.76. The first-order valence-corrected chi connectivity index (χ1v) is 10.9. The van der Waals surface area contributed by atoms with E-state index >= 15 is 0 Å². The van der Waals surface area contributed by atoms with Crippen LogP contribution < -0.4 is 9.64 Å². The van der Waals surface area contributed by atoms with Gasteiger partial charge in [0.05, 0.1) is 26.0 Å². The summed E-state index contributed by atoms with van der Waals surface area (Å²) < 4.78 is 11.3. The second kappa shape index (κ2) is 10.4. The Balaban J connectivity index is 1.50. The molecule has 2 aromatic heterocycles. The second-order valence-electron chi connectivity index (χ2n) is 8.04. The topological polar surface area (TPSA) is 93.6 Å². The van der Waals surface area contributed by atoms with Crippen molar-refractivity contribution < 1.29 is 14.3 Å². The van der Waals surface area contributed by atoms with E-state index in [-0.39, 0.29) is 12.0 Å². The second-order valence-corrected chi connectivity index (χ2v) is 8.04. The third kappa shape index (κ3) is 5.43. The summed E-state index contributed by atoms with van der Waals surface area (Å²) in [5, 5.41) is 0. The number of aryl methyl sites for hydroxylation is 1. The van der Waals surface area contributed by atoms with E-state index in [9.17, 15) is 4.79 Å². The van der Waals surface area contributed by atoms with Crippen LogP contribution in [-0.2, 0) is 16.0 Å². The van der Waals surface area contributed by atoms with E-state index in [0.29, 0.717) is 38.5 Å². The first-order chi connectivity index (χ1) is 16.0. The summed E-state index contributed by atoms with van der Waals surface area (Å²) in [6.07, 6.45) is 7.46. The van der Waals surface area contributed by atoms with E-state index < -0.39 is 0 Å². The van der Waals surface area contributed by atoms with Crippen LogP contribution in [0.25, 0.3) is 11.1 Å². The molecule has 0 unspecified atom stereocenters. The Bertz CT molecular complexity index is 1080. The number of methoxy groups -OCH3 is 1. The highest BCUT2D eigenvalue weighted by Crippen LogP contribution is 2.31. The molecule has 0 bridgehead atoms. The van der Waals surface area contributed by atoms with E-state index in [1.54, 1.807) is 25.7 Å². The fourth-order valence-electron chi connectivity index (χ4n) is 3.75. The van der Waals surface area contributed by atoms with Gasteiger partial charge in [-0.05, 0) is 24.1 Å². The molecule has 4 rings (SSSR count). The van der Waals surface area contributed by atoms with E-state index in [1.165, 1.54) is 6.33 Å². The molecule has 0 N–H and O–H groups in total. The fourth-order valence-corrected chi connectivity index (χ4v) is 3.75. The molecule has 9 nitrogen and oxygen atoms in total. The number of carbonyl (C=O) groups is 1. The van der Waals surface area contributed by atoms with Crippen LogP contribution in [0.5, 0.6) is 5.75 Å². The molecule has 1 atom stereocenters. The maximum absolute atomic E-state index is 13.0. The van der Waals surface area contributed by atoms with Crippen LogP contribution >= 0.6 is 0 Å². The van der Waals surface area contributed by atoms with Crippen LogP contribution in [-0.4, -0.2) is 71.6 Å². The van der Waals surface area contributed by atoms with Crippen molar-refractivity contribution in [3.05, 3.63) is 60.4 Å². The normalized spacial score (nSPS) is 15.8. The predicted octanol–water partition coefficient (Wildman–Crippen LogP) is 2.54. The van der Waals surface area contributed by atoms with Crippen molar-refractivity contribution >= 4 is 11.9 Å². The zero-order valence-corrected chi connectivity index (χ0v) is 19.1. The van der Waals surface area contributed by atoms with Gasteiger partial charge in [0.15, 0.2) is 0 Å². The van der Waals surface area contributed by atoms with Crippen LogP contribution in [0, 0.1) is 0 Å². The number of hydrogen-bond acceptors (Lipinski definition) is 8. The minimum atomic E-state index is -0.361. The number of anilines is 1. The van der Waals surface area contributed by atoms with Crippen molar-refractivity contribution in [2.75, 3.05) is 45.8 Å². The molecular formula is C24H28N6O3. The number of morpholine rings is 1. The maximum Gasteiger partial charge on any atom is 0.225 e. The molecule has 1 aromatic carbocycles. The fraction of sp³-hybridized carbons (Fsp3) is 0.375. The molecule has 1 fully saturated rings. The molecule has 33 heavy (non-hydrogen) atoms. The standard InChI is InChI=1S/C24H28N6O3/c1-29(2)24-27-14-20(18-12-25-16-26-13-18)23(28-24)21-15-30(10-11-33-21)22(31)9-6-17-4-7-19(32-3)8-5-17/h4-5,7-8,12-14,16,21H,6,9-11,15H2,1-3H3/t21-/m0/s1. The third-order valence-corrected chi connectivity index (χ3v) is 5.59. The molecule has 1 amide bonds. The highest BCUT2D eigenvalue weighted by Gasteiger charge is 2.29. The Morgan fingerprint density at radius 1 is 1.18 bits per heavy atom. The third-order valence-electron chi connectivity index (χ3n) is 5.59. The van der Waals surface area contributed by atoms with Gasteiger partial charge in [-0.15, -0.1) is 0 Å². The summed E-state index contributed by atoms with van der Waals surface area (Å²) in [7, 11) is 5.42. The van der Waals surface area contributed by atoms with Gasteiger partial charge in [-0.3, -0.25) is 4.79 Å². The van der Waals surface area contributed by atoms with Gasteiger partial charge in [0.1, 0.15) is 18.2 Å². The molecule has 3 aromatic rings. The molecule has 0 spiro atoms. The number of nitrogens with zero attached hydrogens (tertiary/aromatic N) is 6. The molecule has 0 saturated carbocycles. The summed E-state index contributed by atoms with van der Waals surface area (Å²) >= 11 is 0. The minimum Gasteiger partial charge on any atom is -0.497 e. The molecule has 3 heterocycles. The Labute approximate surface area is 193 Å². The van der Waals surface area contributed by atoms with E-state index in [2.05, 4.69) is 15.0 Å². The average molecular weight is 449 g/mol. The summed E-state index contributed by atoms with van der Waals surface area (Å²) in [6.45, 7) is 1.45. The zero-order chi connectivity index (χ0) is 23.2. The lowest BCUT2D eigenvalue weighted by Gasteiger charge is -2.33. The van der Waals surface area contributed by atoms with Gasteiger partial charge in [-0.25, -0.2) is 19.9 Å². The molecular weight excluding hydrogens is 420 g/mol. The van der Waals surface area contributed by atoms with Gasteiger partial charge in [0.25, 0.3) is 0 Å². The van der Waals surface area contributed by atoms with Crippen LogP contribution in [0.15, 0.2) is 49.2 Å². The summed E-state index contributed by atoms with van der Waals surface area (Å²) in [5.74, 6) is 1.49. The predicted molar refractivity (Wildman–Crippen MR) is 124 cm³/mol. The number of amides is 1. The molecule has 1 saturated heterocycles. The number of aromatic nitrogens is 4. The van der Waals surface area contributed by atoms with Crippen molar-refractivity contribution in [3.8, 4) is 16.9 Å². The summed E-state index contributed by atoms with van der Waals surface area (Å²) in [4.78, 5) is 34.1. The lowest BCUT2D eigenvalue weighted by Crippen LogP contribution is -2.42. The van der Waals surface area contributed by atoms with Crippen LogP contribution in [0.2, 0.25) is 0 Å². The lowest BCUT2D eigenvalue weighted by atomic mass is 10.0. The summed E-state index contributed by atoms with van der Waals surface area (Å²) in [5.41, 5.74) is 3.45. The Morgan fingerprint density at radius 2 is 1.94 bits per heavy atom. The average Bonchev–Trinajstić information content (AvgIpc) is 2.87.